The van der Waals surface area contributed by atoms with Gasteiger partial charge in [-0.2, -0.15) is 16.4 Å². The Balaban J connectivity index is 1.49. The summed E-state index contributed by atoms with van der Waals surface area (Å²) in [7, 11) is 5.35. The Bertz CT molecular complexity index is 864. The van der Waals surface area contributed by atoms with Gasteiger partial charge in [0.05, 0.1) is 17.8 Å². The Hall–Kier alpha value is -2.19. The van der Waals surface area contributed by atoms with Gasteiger partial charge in [-0.25, -0.2) is 0 Å². The van der Waals surface area contributed by atoms with Gasteiger partial charge < -0.3 is 14.5 Å². The van der Waals surface area contributed by atoms with E-state index in [1.165, 1.54) is 0 Å². The SMILES string of the molecule is CN(C)C(=O)c1nn(C)c2c1COC1(CCN(C(=O)c3ccsc3)CC1)C2. The Morgan fingerprint density at radius 3 is 2.67 bits per heavy atom. The molecule has 0 aliphatic carbocycles. The summed E-state index contributed by atoms with van der Waals surface area (Å²) < 4.78 is 8.09. The highest BCUT2D eigenvalue weighted by Gasteiger charge is 2.42. The maximum absolute atomic E-state index is 12.6. The van der Waals surface area contributed by atoms with E-state index in [4.69, 9.17) is 4.74 Å². The van der Waals surface area contributed by atoms with Crippen LogP contribution in [0.1, 0.15) is 44.9 Å². The number of thiophene rings is 1. The summed E-state index contributed by atoms with van der Waals surface area (Å²) in [6.07, 6.45) is 2.32. The van der Waals surface area contributed by atoms with Gasteiger partial charge in [0.15, 0.2) is 5.69 Å². The molecule has 1 saturated heterocycles. The van der Waals surface area contributed by atoms with Crippen LogP contribution in [-0.4, -0.2) is 64.2 Å². The number of ether oxygens (including phenoxy) is 1. The average molecular weight is 388 g/mol. The fourth-order valence-electron chi connectivity index (χ4n) is 3.95. The second-order valence-electron chi connectivity index (χ2n) is 7.55. The Kier molecular flexibility index (Phi) is 4.55. The fourth-order valence-corrected chi connectivity index (χ4v) is 4.58. The van der Waals surface area contributed by atoms with Gasteiger partial charge in [0.2, 0.25) is 0 Å². The van der Waals surface area contributed by atoms with Crippen molar-refractivity contribution in [2.24, 2.45) is 7.05 Å². The van der Waals surface area contributed by atoms with E-state index in [-0.39, 0.29) is 17.4 Å². The summed E-state index contributed by atoms with van der Waals surface area (Å²) in [4.78, 5) is 28.4. The topological polar surface area (TPSA) is 67.7 Å². The third-order valence-electron chi connectivity index (χ3n) is 5.63. The largest absolute Gasteiger partial charge is 0.370 e. The van der Waals surface area contributed by atoms with Crippen molar-refractivity contribution in [3.8, 4) is 0 Å². The van der Waals surface area contributed by atoms with Crippen molar-refractivity contribution in [1.29, 1.82) is 0 Å². The highest BCUT2D eigenvalue weighted by molar-refractivity contribution is 7.08. The van der Waals surface area contributed by atoms with Crippen molar-refractivity contribution in [2.45, 2.75) is 31.5 Å². The number of aromatic nitrogens is 2. The first-order valence-electron chi connectivity index (χ1n) is 9.12. The first-order chi connectivity index (χ1) is 12.9. The molecule has 8 heteroatoms. The molecule has 4 heterocycles. The molecule has 2 aromatic rings. The fraction of sp³-hybridized carbons (Fsp3) is 0.526. The normalized spacial score (nSPS) is 18.4. The molecule has 2 aliphatic heterocycles. The standard InChI is InChI=1S/C19H24N4O3S/c1-21(2)18(25)16-14-11-26-19(10-15(14)22(3)20-16)5-7-23(8-6-19)17(24)13-4-9-27-12-13/h4,9,12H,5-8,10-11H2,1-3H3. The quantitative estimate of drug-likeness (QED) is 0.788. The van der Waals surface area contributed by atoms with Crippen molar-refractivity contribution >= 4 is 23.2 Å². The molecule has 0 atom stereocenters. The zero-order valence-electron chi connectivity index (χ0n) is 15.9. The minimum Gasteiger partial charge on any atom is -0.370 e. The molecule has 0 radical (unpaired) electrons. The van der Waals surface area contributed by atoms with Crippen LogP contribution >= 0.6 is 11.3 Å². The zero-order chi connectivity index (χ0) is 19.2. The molecule has 1 spiro atoms. The monoisotopic (exact) mass is 388 g/mol. The summed E-state index contributed by atoms with van der Waals surface area (Å²) >= 11 is 1.54. The molecule has 1 fully saturated rings. The molecule has 0 bridgehead atoms. The number of carbonyl (C=O) groups is 2. The van der Waals surface area contributed by atoms with E-state index in [0.29, 0.717) is 25.4 Å². The summed E-state index contributed by atoms with van der Waals surface area (Å²) in [6.45, 7) is 1.77. The van der Waals surface area contributed by atoms with Crippen molar-refractivity contribution in [2.75, 3.05) is 27.2 Å². The first-order valence-corrected chi connectivity index (χ1v) is 10.1. The molecular formula is C19H24N4O3S. The van der Waals surface area contributed by atoms with Crippen LogP contribution < -0.4 is 0 Å². The predicted octanol–water partition coefficient (Wildman–Crippen LogP) is 1.93. The number of carbonyl (C=O) groups excluding carboxylic acids is 2. The summed E-state index contributed by atoms with van der Waals surface area (Å²) in [5.74, 6) is 0.00424. The van der Waals surface area contributed by atoms with Gasteiger partial charge in [0.25, 0.3) is 11.8 Å². The van der Waals surface area contributed by atoms with E-state index >= 15 is 0 Å². The maximum Gasteiger partial charge on any atom is 0.274 e. The van der Waals surface area contributed by atoms with Crippen LogP contribution in [-0.2, 0) is 24.8 Å². The van der Waals surface area contributed by atoms with Gasteiger partial charge in [-0.3, -0.25) is 14.3 Å². The van der Waals surface area contributed by atoms with Crippen molar-refractivity contribution < 1.29 is 14.3 Å². The van der Waals surface area contributed by atoms with Crippen LogP contribution in [0.15, 0.2) is 16.8 Å². The number of aryl methyl sites for hydroxylation is 1. The van der Waals surface area contributed by atoms with E-state index in [2.05, 4.69) is 5.10 Å². The van der Waals surface area contributed by atoms with Gasteiger partial charge in [-0.1, -0.05) is 0 Å². The highest BCUT2D eigenvalue weighted by atomic mass is 32.1. The molecule has 144 valence electrons. The number of likely N-dealkylation sites (tertiary alicyclic amines) is 1. The number of hydrogen-bond acceptors (Lipinski definition) is 5. The first kappa shape index (κ1) is 18.2. The summed E-state index contributed by atoms with van der Waals surface area (Å²) in [6, 6.07) is 1.87. The van der Waals surface area contributed by atoms with Crippen LogP contribution in [0.3, 0.4) is 0 Å². The highest BCUT2D eigenvalue weighted by Crippen LogP contribution is 2.37. The number of rotatable bonds is 2. The third-order valence-corrected chi connectivity index (χ3v) is 6.31. The van der Waals surface area contributed by atoms with Gasteiger partial charge in [0.1, 0.15) is 0 Å². The molecule has 0 N–H and O–H groups in total. The lowest BCUT2D eigenvalue weighted by atomic mass is 9.83. The Morgan fingerprint density at radius 2 is 2.04 bits per heavy atom. The molecule has 7 nitrogen and oxygen atoms in total. The van der Waals surface area contributed by atoms with E-state index in [0.717, 1.165) is 36.1 Å². The zero-order valence-corrected chi connectivity index (χ0v) is 16.7. The molecule has 2 aliphatic rings. The Labute approximate surface area is 162 Å². The number of piperidine rings is 1. The van der Waals surface area contributed by atoms with Crippen LogP contribution in [0, 0.1) is 0 Å². The van der Waals surface area contributed by atoms with E-state index in [1.54, 1.807) is 30.3 Å². The molecule has 0 unspecified atom stereocenters. The van der Waals surface area contributed by atoms with Gasteiger partial charge in [-0.05, 0) is 24.3 Å². The minimum atomic E-state index is -0.273. The minimum absolute atomic E-state index is 0.0948. The second-order valence-corrected chi connectivity index (χ2v) is 8.33. The predicted molar refractivity (Wildman–Crippen MR) is 102 cm³/mol. The molecule has 2 amide bonds. The van der Waals surface area contributed by atoms with E-state index < -0.39 is 0 Å². The molecule has 4 rings (SSSR count). The molecule has 27 heavy (non-hydrogen) atoms. The lowest BCUT2D eigenvalue weighted by Crippen LogP contribution is -2.50. The van der Waals surface area contributed by atoms with Gasteiger partial charge >= 0.3 is 0 Å². The van der Waals surface area contributed by atoms with Crippen molar-refractivity contribution in [3.05, 3.63) is 39.3 Å². The molecule has 0 saturated carbocycles. The molecule has 0 aromatic carbocycles. The lowest BCUT2D eigenvalue weighted by Gasteiger charge is -2.43. The number of amides is 2. The second kappa shape index (κ2) is 6.76. The number of nitrogens with zero attached hydrogens (tertiary/aromatic N) is 4. The van der Waals surface area contributed by atoms with E-state index in [1.807, 2.05) is 33.5 Å². The Morgan fingerprint density at radius 1 is 1.30 bits per heavy atom. The number of fused-ring (bicyclic) bond motifs is 1. The molecule has 2 aromatic heterocycles. The lowest BCUT2D eigenvalue weighted by molar-refractivity contribution is -0.0990. The van der Waals surface area contributed by atoms with Crippen molar-refractivity contribution in [1.82, 2.24) is 19.6 Å². The smallest absolute Gasteiger partial charge is 0.274 e. The van der Waals surface area contributed by atoms with Crippen LogP contribution in [0.4, 0.5) is 0 Å². The maximum atomic E-state index is 12.6. The van der Waals surface area contributed by atoms with Crippen LogP contribution in [0.5, 0.6) is 0 Å². The van der Waals surface area contributed by atoms with Crippen LogP contribution in [0.2, 0.25) is 0 Å². The average Bonchev–Trinajstić information content (AvgIpc) is 3.30. The van der Waals surface area contributed by atoms with Crippen molar-refractivity contribution in [3.63, 3.8) is 0 Å². The third kappa shape index (κ3) is 3.17. The van der Waals surface area contributed by atoms with Gasteiger partial charge in [0, 0.05) is 57.3 Å². The number of hydrogen-bond donors (Lipinski definition) is 0. The molecular weight excluding hydrogens is 364 g/mol. The summed E-state index contributed by atoms with van der Waals surface area (Å²) in [5, 5.41) is 8.28. The van der Waals surface area contributed by atoms with E-state index in [9.17, 15) is 9.59 Å². The summed E-state index contributed by atoms with van der Waals surface area (Å²) in [5.41, 5.74) is 2.95. The van der Waals surface area contributed by atoms with Crippen LogP contribution in [0.25, 0.3) is 0 Å². The van der Waals surface area contributed by atoms with Gasteiger partial charge in [-0.15, -0.1) is 0 Å².